The minimum atomic E-state index is -1.05. The topological polar surface area (TPSA) is 82.9 Å². The lowest BCUT2D eigenvalue weighted by molar-refractivity contribution is -0.119. The van der Waals surface area contributed by atoms with Gasteiger partial charge in [0, 0.05) is 28.9 Å². The molecule has 154 valence electrons. The average molecular weight is 402 g/mol. The molecule has 6 nitrogen and oxygen atoms in total. The van der Waals surface area contributed by atoms with Crippen molar-refractivity contribution in [2.24, 2.45) is 0 Å². The van der Waals surface area contributed by atoms with Gasteiger partial charge in [-0.05, 0) is 55.7 Å². The Morgan fingerprint density at radius 3 is 2.63 bits per heavy atom. The van der Waals surface area contributed by atoms with Crippen LogP contribution in [0.25, 0.3) is 27.7 Å². The Labute approximate surface area is 175 Å². The van der Waals surface area contributed by atoms with Crippen LogP contribution >= 0.6 is 0 Å². The zero-order chi connectivity index (χ0) is 21.3. The molecule has 0 unspecified atom stereocenters. The van der Waals surface area contributed by atoms with Gasteiger partial charge in [-0.2, -0.15) is 5.10 Å². The van der Waals surface area contributed by atoms with Crippen molar-refractivity contribution in [2.45, 2.75) is 39.2 Å². The highest BCUT2D eigenvalue weighted by Gasteiger charge is 2.19. The maximum absolute atomic E-state index is 12.2. The normalized spacial score (nSPS) is 11.7. The van der Waals surface area contributed by atoms with E-state index in [1.54, 1.807) is 20.0 Å². The number of nitrogens with one attached hydrogen (secondary N) is 2. The average Bonchev–Trinajstić information content (AvgIpc) is 3.34. The van der Waals surface area contributed by atoms with E-state index >= 15 is 0 Å². The zero-order valence-corrected chi connectivity index (χ0v) is 17.4. The molecular formula is C24H26N4O2. The predicted octanol–water partition coefficient (Wildman–Crippen LogP) is 4.68. The first-order valence-electron chi connectivity index (χ1n) is 10.1. The lowest BCUT2D eigenvalue weighted by Gasteiger charge is -2.16. The first-order chi connectivity index (χ1) is 14.3. The van der Waals surface area contributed by atoms with Crippen LogP contribution < -0.4 is 5.32 Å². The fourth-order valence-electron chi connectivity index (χ4n) is 3.49. The number of anilines is 1. The Morgan fingerprint density at radius 1 is 1.17 bits per heavy atom. The van der Waals surface area contributed by atoms with E-state index in [4.69, 9.17) is 0 Å². The summed E-state index contributed by atoms with van der Waals surface area (Å²) < 4.78 is 1.86. The van der Waals surface area contributed by atoms with Crippen molar-refractivity contribution in [1.82, 2.24) is 14.8 Å². The number of hydrogen-bond acceptors (Lipinski definition) is 3. The molecular weight excluding hydrogens is 376 g/mol. The van der Waals surface area contributed by atoms with E-state index in [-0.39, 0.29) is 12.3 Å². The summed E-state index contributed by atoms with van der Waals surface area (Å²) in [4.78, 5) is 15.4. The van der Waals surface area contributed by atoms with Gasteiger partial charge in [-0.1, -0.05) is 25.1 Å². The van der Waals surface area contributed by atoms with Crippen molar-refractivity contribution in [3.8, 4) is 16.8 Å². The van der Waals surface area contributed by atoms with Gasteiger partial charge in [-0.25, -0.2) is 4.68 Å². The quantitative estimate of drug-likeness (QED) is 0.438. The van der Waals surface area contributed by atoms with Crippen molar-refractivity contribution in [2.75, 3.05) is 5.32 Å². The zero-order valence-electron chi connectivity index (χ0n) is 17.4. The molecule has 0 saturated heterocycles. The molecule has 0 aliphatic heterocycles. The molecule has 0 radical (unpaired) electrons. The number of aliphatic hydroxyl groups is 1. The second-order valence-corrected chi connectivity index (χ2v) is 8.19. The monoisotopic (exact) mass is 402 g/mol. The summed E-state index contributed by atoms with van der Waals surface area (Å²) in [6.07, 6.45) is 6.66. The molecule has 0 spiro atoms. The van der Waals surface area contributed by atoms with Gasteiger partial charge in [0.2, 0.25) is 5.91 Å². The van der Waals surface area contributed by atoms with E-state index in [0.29, 0.717) is 5.69 Å². The molecule has 0 bridgehead atoms. The standard InChI is InChI=1S/C24H26N4O2/c1-4-16-5-8-19(9-6-16)28-15-18(13-26-28)17-7-10-21-20(11-17)22(14-25-21)27-23(29)12-24(2,3)30/h5-11,13-15,25,30H,4,12H2,1-3H3,(H,27,29). The Bertz CT molecular complexity index is 1180. The van der Waals surface area contributed by atoms with Crippen LogP contribution in [-0.4, -0.2) is 31.4 Å². The minimum Gasteiger partial charge on any atom is -0.390 e. The lowest BCUT2D eigenvalue weighted by atomic mass is 10.0. The largest absolute Gasteiger partial charge is 0.390 e. The van der Waals surface area contributed by atoms with Gasteiger partial charge in [0.25, 0.3) is 0 Å². The highest BCUT2D eigenvalue weighted by molar-refractivity contribution is 6.03. The van der Waals surface area contributed by atoms with Crippen LogP contribution in [0, 0.1) is 0 Å². The van der Waals surface area contributed by atoms with E-state index < -0.39 is 5.60 Å². The van der Waals surface area contributed by atoms with E-state index in [1.807, 2.05) is 35.3 Å². The maximum atomic E-state index is 12.2. The van der Waals surface area contributed by atoms with Gasteiger partial charge in [0.05, 0.1) is 29.6 Å². The van der Waals surface area contributed by atoms with Crippen LogP contribution in [-0.2, 0) is 11.2 Å². The first kappa shape index (κ1) is 19.9. The minimum absolute atomic E-state index is 0.0307. The molecule has 2 aromatic heterocycles. The van der Waals surface area contributed by atoms with Gasteiger partial charge in [-0.3, -0.25) is 4.79 Å². The van der Waals surface area contributed by atoms with Crippen LogP contribution in [0.2, 0.25) is 0 Å². The Kier molecular flexibility index (Phi) is 5.18. The van der Waals surface area contributed by atoms with E-state index in [0.717, 1.165) is 34.1 Å². The van der Waals surface area contributed by atoms with Gasteiger partial charge in [-0.15, -0.1) is 0 Å². The van der Waals surface area contributed by atoms with Gasteiger partial charge >= 0.3 is 0 Å². The number of aryl methyl sites for hydroxylation is 1. The number of hydrogen-bond donors (Lipinski definition) is 3. The van der Waals surface area contributed by atoms with Crippen LogP contribution in [0.3, 0.4) is 0 Å². The highest BCUT2D eigenvalue weighted by atomic mass is 16.3. The number of rotatable bonds is 6. The summed E-state index contributed by atoms with van der Waals surface area (Å²) in [7, 11) is 0. The van der Waals surface area contributed by atoms with Crippen molar-refractivity contribution in [3.63, 3.8) is 0 Å². The molecule has 2 heterocycles. The Balaban J connectivity index is 1.60. The smallest absolute Gasteiger partial charge is 0.227 e. The molecule has 4 aromatic rings. The Morgan fingerprint density at radius 2 is 1.93 bits per heavy atom. The molecule has 0 aliphatic carbocycles. The third kappa shape index (κ3) is 4.28. The molecule has 2 aromatic carbocycles. The second kappa shape index (κ2) is 7.80. The van der Waals surface area contributed by atoms with E-state index in [2.05, 4.69) is 46.6 Å². The number of fused-ring (bicyclic) bond motifs is 1. The fourth-order valence-corrected chi connectivity index (χ4v) is 3.49. The number of benzene rings is 2. The van der Waals surface area contributed by atoms with Crippen LogP contribution in [0.1, 0.15) is 32.8 Å². The van der Waals surface area contributed by atoms with Crippen LogP contribution in [0.5, 0.6) is 0 Å². The van der Waals surface area contributed by atoms with Crippen molar-refractivity contribution in [3.05, 3.63) is 66.6 Å². The fraction of sp³-hybridized carbons (Fsp3) is 0.250. The van der Waals surface area contributed by atoms with Gasteiger partial charge in [0.15, 0.2) is 0 Å². The maximum Gasteiger partial charge on any atom is 0.227 e. The van der Waals surface area contributed by atoms with Gasteiger partial charge in [0.1, 0.15) is 0 Å². The third-order valence-corrected chi connectivity index (χ3v) is 5.07. The van der Waals surface area contributed by atoms with Crippen LogP contribution in [0.15, 0.2) is 61.1 Å². The summed E-state index contributed by atoms with van der Waals surface area (Å²) in [6, 6.07) is 14.4. The first-order valence-corrected chi connectivity index (χ1v) is 10.1. The molecule has 0 atom stereocenters. The molecule has 30 heavy (non-hydrogen) atoms. The molecule has 1 amide bonds. The molecule has 0 saturated carbocycles. The molecule has 0 fully saturated rings. The van der Waals surface area contributed by atoms with E-state index in [1.165, 1.54) is 5.56 Å². The number of nitrogens with zero attached hydrogens (tertiary/aromatic N) is 2. The summed E-state index contributed by atoms with van der Waals surface area (Å²) in [6.45, 7) is 5.38. The Hall–Kier alpha value is -3.38. The summed E-state index contributed by atoms with van der Waals surface area (Å²) >= 11 is 0. The predicted molar refractivity (Wildman–Crippen MR) is 120 cm³/mol. The summed E-state index contributed by atoms with van der Waals surface area (Å²) in [5.41, 5.74) is 4.89. The third-order valence-electron chi connectivity index (χ3n) is 5.07. The van der Waals surface area contributed by atoms with Crippen LogP contribution in [0.4, 0.5) is 5.69 Å². The SMILES string of the molecule is CCc1ccc(-n2cc(-c3ccc4[nH]cc(NC(=O)CC(C)(C)O)c4c3)cn2)cc1. The molecule has 0 aliphatic rings. The number of carbonyl (C=O) groups excluding carboxylic acids is 1. The lowest BCUT2D eigenvalue weighted by Crippen LogP contribution is -2.27. The molecule has 6 heteroatoms. The number of H-pyrrole nitrogens is 1. The number of carbonyl (C=O) groups is 1. The van der Waals surface area contributed by atoms with Crippen molar-refractivity contribution in [1.29, 1.82) is 0 Å². The second-order valence-electron chi connectivity index (χ2n) is 8.19. The number of aromatic nitrogens is 3. The summed E-state index contributed by atoms with van der Waals surface area (Å²) in [5, 5.41) is 18.2. The molecule has 4 rings (SSSR count). The van der Waals surface area contributed by atoms with Gasteiger partial charge < -0.3 is 15.4 Å². The van der Waals surface area contributed by atoms with Crippen molar-refractivity contribution >= 4 is 22.5 Å². The highest BCUT2D eigenvalue weighted by Crippen LogP contribution is 2.29. The van der Waals surface area contributed by atoms with E-state index in [9.17, 15) is 9.90 Å². The molecule has 3 N–H and O–H groups in total. The summed E-state index contributed by atoms with van der Waals surface area (Å²) in [5.74, 6) is -0.225. The number of amides is 1. The van der Waals surface area contributed by atoms with Crippen molar-refractivity contribution < 1.29 is 9.90 Å². The number of aromatic amines is 1.